The van der Waals surface area contributed by atoms with Gasteiger partial charge in [0.25, 0.3) is 0 Å². The van der Waals surface area contributed by atoms with Gasteiger partial charge in [-0.05, 0) is 18.6 Å². The molecule has 1 unspecified atom stereocenters. The number of benzene rings is 1. The highest BCUT2D eigenvalue weighted by Gasteiger charge is 2.35. The molecule has 1 aromatic carbocycles. The minimum Gasteiger partial charge on any atom is -0.375 e. The zero-order chi connectivity index (χ0) is 15.1. The van der Waals surface area contributed by atoms with E-state index in [0.29, 0.717) is 12.2 Å². The monoisotopic (exact) mass is 334 g/mol. The van der Waals surface area contributed by atoms with E-state index in [1.54, 1.807) is 0 Å². The summed E-state index contributed by atoms with van der Waals surface area (Å²) in [7, 11) is -4.48. The SMILES string of the molecule is O=S(=O)(Oc1c(F)c(F)c(F)c(F)c1F)C1CCCS1. The normalized spacial score (nSPS) is 19.4. The van der Waals surface area contributed by atoms with Gasteiger partial charge in [0.2, 0.25) is 34.8 Å². The molecule has 1 aliphatic heterocycles. The topological polar surface area (TPSA) is 43.4 Å². The second kappa shape index (κ2) is 5.40. The third-order valence-corrected chi connectivity index (χ3v) is 6.10. The van der Waals surface area contributed by atoms with Crippen molar-refractivity contribution in [2.75, 3.05) is 5.75 Å². The maximum Gasteiger partial charge on any atom is 0.321 e. The molecule has 0 radical (unpaired) electrons. The van der Waals surface area contributed by atoms with Gasteiger partial charge in [-0.1, -0.05) is 0 Å². The summed E-state index contributed by atoms with van der Waals surface area (Å²) in [5.41, 5.74) is 0. The fourth-order valence-corrected chi connectivity index (χ4v) is 4.55. The molecule has 1 aromatic rings. The smallest absolute Gasteiger partial charge is 0.321 e. The molecule has 0 aliphatic carbocycles. The van der Waals surface area contributed by atoms with Crippen molar-refractivity contribution < 1.29 is 34.6 Å². The van der Waals surface area contributed by atoms with E-state index in [1.165, 1.54) is 0 Å². The number of hydrogen-bond acceptors (Lipinski definition) is 4. The molecule has 1 aliphatic rings. The van der Waals surface area contributed by atoms with Gasteiger partial charge in [-0.2, -0.15) is 17.2 Å². The van der Waals surface area contributed by atoms with Gasteiger partial charge in [0.1, 0.15) is 4.58 Å². The van der Waals surface area contributed by atoms with Crippen LogP contribution < -0.4 is 4.18 Å². The van der Waals surface area contributed by atoms with E-state index in [0.717, 1.165) is 11.8 Å². The van der Waals surface area contributed by atoms with E-state index in [4.69, 9.17) is 0 Å². The molecule has 1 saturated heterocycles. The number of rotatable bonds is 3. The lowest BCUT2D eigenvalue weighted by molar-refractivity contribution is 0.346. The Kier molecular flexibility index (Phi) is 4.14. The van der Waals surface area contributed by atoms with Crippen LogP contribution in [0.5, 0.6) is 5.75 Å². The minimum atomic E-state index is -4.48. The van der Waals surface area contributed by atoms with Crippen LogP contribution in [0.15, 0.2) is 0 Å². The van der Waals surface area contributed by atoms with E-state index < -0.39 is 49.5 Å². The first-order chi connectivity index (χ1) is 9.25. The van der Waals surface area contributed by atoms with Crippen molar-refractivity contribution in [3.8, 4) is 5.75 Å². The molecule has 0 saturated carbocycles. The standard InChI is InChI=1S/C10H7F5O3S2/c11-5-6(12)8(14)10(9(15)7(5)13)18-20(16,17)4-2-1-3-19-4/h4H,1-3H2. The predicted octanol–water partition coefficient (Wildman–Crippen LogP) is 2.94. The Morgan fingerprint density at radius 1 is 0.950 bits per heavy atom. The summed E-state index contributed by atoms with van der Waals surface area (Å²) in [4.78, 5) is 0. The largest absolute Gasteiger partial charge is 0.375 e. The molecular formula is C10H7F5O3S2. The van der Waals surface area contributed by atoms with Crippen LogP contribution in [0.2, 0.25) is 0 Å². The van der Waals surface area contributed by atoms with Crippen LogP contribution in [0, 0.1) is 29.1 Å². The third-order valence-electron chi connectivity index (χ3n) is 2.58. The van der Waals surface area contributed by atoms with Crippen molar-refractivity contribution in [1.29, 1.82) is 0 Å². The Balaban J connectivity index is 2.44. The molecule has 112 valence electrons. The van der Waals surface area contributed by atoms with Gasteiger partial charge in [0.05, 0.1) is 0 Å². The molecule has 0 bridgehead atoms. The summed E-state index contributed by atoms with van der Waals surface area (Å²) >= 11 is 0.972. The van der Waals surface area contributed by atoms with E-state index >= 15 is 0 Å². The van der Waals surface area contributed by atoms with Crippen molar-refractivity contribution in [1.82, 2.24) is 0 Å². The van der Waals surface area contributed by atoms with Gasteiger partial charge in [-0.25, -0.2) is 13.2 Å². The van der Waals surface area contributed by atoms with E-state index in [-0.39, 0.29) is 6.42 Å². The Morgan fingerprint density at radius 3 is 1.90 bits per heavy atom. The highest BCUT2D eigenvalue weighted by Crippen LogP contribution is 2.35. The van der Waals surface area contributed by atoms with Crippen molar-refractivity contribution >= 4 is 21.9 Å². The van der Waals surface area contributed by atoms with Crippen LogP contribution in [0.3, 0.4) is 0 Å². The second-order valence-electron chi connectivity index (χ2n) is 3.92. The fraction of sp³-hybridized carbons (Fsp3) is 0.400. The van der Waals surface area contributed by atoms with Crippen LogP contribution in [-0.2, 0) is 10.1 Å². The molecule has 10 heteroatoms. The van der Waals surface area contributed by atoms with Crippen molar-refractivity contribution in [3.63, 3.8) is 0 Å². The summed E-state index contributed by atoms with van der Waals surface area (Å²) in [6.07, 6.45) is 0.734. The van der Waals surface area contributed by atoms with Gasteiger partial charge in [0.15, 0.2) is 0 Å². The Hall–Kier alpha value is -1.03. The summed E-state index contributed by atoms with van der Waals surface area (Å²) < 4.78 is 91.7. The van der Waals surface area contributed by atoms with Gasteiger partial charge >= 0.3 is 10.1 Å². The summed E-state index contributed by atoms with van der Waals surface area (Å²) in [5, 5.41) is 0. The van der Waals surface area contributed by atoms with Gasteiger partial charge in [0, 0.05) is 0 Å². The first-order valence-corrected chi connectivity index (χ1v) is 7.84. The molecule has 20 heavy (non-hydrogen) atoms. The quantitative estimate of drug-likeness (QED) is 0.369. The molecule has 1 heterocycles. The summed E-state index contributed by atoms with van der Waals surface area (Å²) in [5.74, 6) is -12.8. The van der Waals surface area contributed by atoms with Gasteiger partial charge in [-0.3, -0.25) is 0 Å². The Labute approximate surface area is 115 Å². The molecule has 0 spiro atoms. The molecule has 1 atom stereocenters. The number of halogens is 5. The first kappa shape index (κ1) is 15.4. The highest BCUT2D eigenvalue weighted by molar-refractivity contribution is 8.12. The third kappa shape index (κ3) is 2.58. The average molecular weight is 334 g/mol. The first-order valence-electron chi connectivity index (χ1n) is 5.32. The minimum absolute atomic E-state index is 0.183. The van der Waals surface area contributed by atoms with Crippen LogP contribution >= 0.6 is 11.8 Å². The van der Waals surface area contributed by atoms with Crippen LogP contribution in [0.25, 0.3) is 0 Å². The Bertz CT molecular complexity index is 612. The number of hydrogen-bond donors (Lipinski definition) is 0. The van der Waals surface area contributed by atoms with Crippen molar-refractivity contribution in [3.05, 3.63) is 29.1 Å². The maximum atomic E-state index is 13.3. The van der Waals surface area contributed by atoms with Gasteiger partial charge < -0.3 is 4.18 Å². The molecule has 1 fully saturated rings. The lowest BCUT2D eigenvalue weighted by atomic mass is 10.3. The summed E-state index contributed by atoms with van der Waals surface area (Å²) in [6, 6.07) is 0. The molecular weight excluding hydrogens is 327 g/mol. The van der Waals surface area contributed by atoms with E-state index in [9.17, 15) is 30.4 Å². The van der Waals surface area contributed by atoms with E-state index in [2.05, 4.69) is 4.18 Å². The lowest BCUT2D eigenvalue weighted by Gasteiger charge is -2.13. The average Bonchev–Trinajstić information content (AvgIpc) is 2.94. The molecule has 0 aromatic heterocycles. The molecule has 3 nitrogen and oxygen atoms in total. The highest BCUT2D eigenvalue weighted by atomic mass is 32.3. The van der Waals surface area contributed by atoms with E-state index in [1.807, 2.05) is 0 Å². The number of thioether (sulfide) groups is 1. The zero-order valence-electron chi connectivity index (χ0n) is 9.63. The Morgan fingerprint density at radius 2 is 1.45 bits per heavy atom. The lowest BCUT2D eigenvalue weighted by Crippen LogP contribution is -2.22. The second-order valence-corrected chi connectivity index (χ2v) is 7.25. The molecule has 0 N–H and O–H groups in total. The van der Waals surface area contributed by atoms with Crippen molar-refractivity contribution in [2.24, 2.45) is 0 Å². The van der Waals surface area contributed by atoms with Crippen LogP contribution in [0.4, 0.5) is 22.0 Å². The maximum absolute atomic E-state index is 13.3. The van der Waals surface area contributed by atoms with Crippen LogP contribution in [0.1, 0.15) is 12.8 Å². The molecule has 2 rings (SSSR count). The predicted molar refractivity (Wildman–Crippen MR) is 61.3 cm³/mol. The summed E-state index contributed by atoms with van der Waals surface area (Å²) in [6.45, 7) is 0. The van der Waals surface area contributed by atoms with Crippen LogP contribution in [-0.4, -0.2) is 18.8 Å². The van der Waals surface area contributed by atoms with Crippen molar-refractivity contribution in [2.45, 2.75) is 17.4 Å². The zero-order valence-corrected chi connectivity index (χ0v) is 11.3. The van der Waals surface area contributed by atoms with Gasteiger partial charge in [-0.15, -0.1) is 11.8 Å². The fourth-order valence-electron chi connectivity index (χ4n) is 1.60. The molecule has 0 amide bonds.